The molecule has 0 heterocycles. The largest absolute Gasteiger partial charge is 0.0847 e. The first-order chi connectivity index (χ1) is 11.9. The van der Waals surface area contributed by atoms with Gasteiger partial charge in [-0.3, -0.25) is 0 Å². The number of hydrogen-bond donors (Lipinski definition) is 0. The Morgan fingerprint density at radius 2 is 1.60 bits per heavy atom. The number of rotatable bonds is 4. The van der Waals surface area contributed by atoms with E-state index in [1.165, 1.54) is 41.5 Å². The summed E-state index contributed by atoms with van der Waals surface area (Å²) in [5.41, 5.74) is 7.22. The average molecular weight is 337 g/mol. The third-order valence-corrected chi connectivity index (χ3v) is 4.95. The highest BCUT2D eigenvalue weighted by atomic mass is 14.3. The first kappa shape index (κ1) is 21.2. The van der Waals surface area contributed by atoms with Crippen molar-refractivity contribution >= 4 is 12.2 Å². The molecule has 0 fully saturated rings. The predicted molar refractivity (Wildman–Crippen MR) is 116 cm³/mol. The Balaban J connectivity index is 0.00000151. The highest BCUT2D eigenvalue weighted by Crippen LogP contribution is 2.41. The van der Waals surface area contributed by atoms with Crippen molar-refractivity contribution in [3.63, 3.8) is 0 Å². The standard InChI is InChI=1S/C23H30.C2H6/c1-6-18(2)13-14-20-11-7-8-12-21(20)15-16-22-19(3)10-9-17-23(22,4)5;1-2/h6-8,11-16H,9-10,17H2,1-5H3;1-2H3/b14-13+,16-15+,18-6+;. The zero-order valence-corrected chi connectivity index (χ0v) is 17.3. The summed E-state index contributed by atoms with van der Waals surface area (Å²) in [4.78, 5) is 0. The smallest absolute Gasteiger partial charge is 0.0104 e. The second-order valence-electron chi connectivity index (χ2n) is 7.26. The Morgan fingerprint density at radius 3 is 2.16 bits per heavy atom. The lowest BCUT2D eigenvalue weighted by molar-refractivity contribution is 0.377. The summed E-state index contributed by atoms with van der Waals surface area (Å²) < 4.78 is 0. The van der Waals surface area contributed by atoms with Gasteiger partial charge in [-0.25, -0.2) is 0 Å². The highest BCUT2D eigenvalue weighted by Gasteiger charge is 2.26. The first-order valence-corrected chi connectivity index (χ1v) is 9.72. The Kier molecular flexibility index (Phi) is 8.69. The van der Waals surface area contributed by atoms with Gasteiger partial charge in [0.25, 0.3) is 0 Å². The number of allylic oxidation sites excluding steroid dienone is 6. The maximum atomic E-state index is 2.37. The molecule has 0 atom stereocenters. The molecule has 0 radical (unpaired) electrons. The molecule has 0 amide bonds. The van der Waals surface area contributed by atoms with Gasteiger partial charge >= 0.3 is 0 Å². The van der Waals surface area contributed by atoms with E-state index >= 15 is 0 Å². The third-order valence-electron chi connectivity index (χ3n) is 4.95. The minimum absolute atomic E-state index is 0.297. The molecule has 1 aliphatic carbocycles. The molecule has 0 saturated heterocycles. The van der Waals surface area contributed by atoms with Crippen LogP contribution in [-0.2, 0) is 0 Å². The maximum Gasteiger partial charge on any atom is -0.0104 e. The van der Waals surface area contributed by atoms with Gasteiger partial charge in [-0.1, -0.05) is 93.5 Å². The minimum atomic E-state index is 0.297. The molecule has 1 aromatic rings. The van der Waals surface area contributed by atoms with Crippen LogP contribution in [0.3, 0.4) is 0 Å². The van der Waals surface area contributed by atoms with Crippen LogP contribution in [0.1, 0.15) is 78.9 Å². The van der Waals surface area contributed by atoms with Crippen LogP contribution in [0.4, 0.5) is 0 Å². The Labute approximate surface area is 156 Å². The van der Waals surface area contributed by atoms with Crippen LogP contribution in [0.25, 0.3) is 12.2 Å². The molecule has 0 heteroatoms. The Bertz CT molecular complexity index is 663. The summed E-state index contributed by atoms with van der Waals surface area (Å²) in [6.45, 7) is 15.2. The highest BCUT2D eigenvalue weighted by molar-refractivity contribution is 5.67. The third kappa shape index (κ3) is 6.20. The van der Waals surface area contributed by atoms with Gasteiger partial charge in [0.15, 0.2) is 0 Å². The lowest BCUT2D eigenvalue weighted by Crippen LogP contribution is -2.18. The predicted octanol–water partition coefficient (Wildman–Crippen LogP) is 8.23. The van der Waals surface area contributed by atoms with Crippen molar-refractivity contribution in [3.8, 4) is 0 Å². The normalized spacial score (nSPS) is 17.8. The molecule has 0 N–H and O–H groups in total. The van der Waals surface area contributed by atoms with Crippen LogP contribution in [0.5, 0.6) is 0 Å². The van der Waals surface area contributed by atoms with Gasteiger partial charge in [-0.2, -0.15) is 0 Å². The molecule has 0 spiro atoms. The van der Waals surface area contributed by atoms with E-state index in [-0.39, 0.29) is 0 Å². The minimum Gasteiger partial charge on any atom is -0.0847 e. The molecule has 0 unspecified atom stereocenters. The van der Waals surface area contributed by atoms with Gasteiger partial charge < -0.3 is 0 Å². The molecule has 1 aliphatic rings. The van der Waals surface area contributed by atoms with E-state index in [4.69, 9.17) is 0 Å². The van der Waals surface area contributed by atoms with Crippen molar-refractivity contribution in [3.05, 3.63) is 70.3 Å². The van der Waals surface area contributed by atoms with Crippen LogP contribution < -0.4 is 0 Å². The molecular weight excluding hydrogens is 300 g/mol. The number of hydrogen-bond acceptors (Lipinski definition) is 0. The van der Waals surface area contributed by atoms with E-state index < -0.39 is 0 Å². The van der Waals surface area contributed by atoms with Gasteiger partial charge in [0, 0.05) is 0 Å². The molecule has 0 aliphatic heterocycles. The lowest BCUT2D eigenvalue weighted by atomic mass is 9.72. The van der Waals surface area contributed by atoms with Gasteiger partial charge in [0.1, 0.15) is 0 Å². The van der Waals surface area contributed by atoms with Crippen molar-refractivity contribution in [1.29, 1.82) is 0 Å². The second kappa shape index (κ2) is 10.2. The lowest BCUT2D eigenvalue weighted by Gasteiger charge is -2.33. The summed E-state index contributed by atoms with van der Waals surface area (Å²) in [6, 6.07) is 8.61. The second-order valence-corrected chi connectivity index (χ2v) is 7.26. The average Bonchev–Trinajstić information content (AvgIpc) is 2.61. The van der Waals surface area contributed by atoms with Crippen LogP contribution in [0.2, 0.25) is 0 Å². The quantitative estimate of drug-likeness (QED) is 0.486. The molecular formula is C25H36. The van der Waals surface area contributed by atoms with Crippen molar-refractivity contribution < 1.29 is 0 Å². The maximum absolute atomic E-state index is 2.37. The monoisotopic (exact) mass is 336 g/mol. The van der Waals surface area contributed by atoms with Crippen LogP contribution >= 0.6 is 0 Å². The molecule has 1 aromatic carbocycles. The molecule has 0 aromatic heterocycles. The fourth-order valence-electron chi connectivity index (χ4n) is 3.32. The Morgan fingerprint density at radius 1 is 1.00 bits per heavy atom. The molecule has 0 saturated carbocycles. The van der Waals surface area contributed by atoms with E-state index in [0.29, 0.717) is 5.41 Å². The molecule has 136 valence electrons. The van der Waals surface area contributed by atoms with Gasteiger partial charge in [-0.05, 0) is 62.1 Å². The van der Waals surface area contributed by atoms with Crippen LogP contribution in [0.15, 0.2) is 59.2 Å². The summed E-state index contributed by atoms with van der Waals surface area (Å²) >= 11 is 0. The summed E-state index contributed by atoms with van der Waals surface area (Å²) in [7, 11) is 0. The van der Waals surface area contributed by atoms with Crippen molar-refractivity contribution in [2.24, 2.45) is 5.41 Å². The van der Waals surface area contributed by atoms with Crippen molar-refractivity contribution in [1.82, 2.24) is 0 Å². The molecule has 2 rings (SSSR count). The van der Waals surface area contributed by atoms with Gasteiger partial charge in [-0.15, -0.1) is 0 Å². The SMILES string of the molecule is C/C=C(C)/C=C/c1ccccc1/C=C/C1=C(C)CCCC1(C)C.CC. The fourth-order valence-corrected chi connectivity index (χ4v) is 3.32. The molecule has 0 nitrogen and oxygen atoms in total. The van der Waals surface area contributed by atoms with Gasteiger partial charge in [0.05, 0.1) is 0 Å². The van der Waals surface area contributed by atoms with Crippen molar-refractivity contribution in [2.75, 3.05) is 0 Å². The first-order valence-electron chi connectivity index (χ1n) is 9.72. The summed E-state index contributed by atoms with van der Waals surface area (Å²) in [5, 5.41) is 0. The van der Waals surface area contributed by atoms with E-state index in [1.54, 1.807) is 5.57 Å². The fraction of sp³-hybridized carbons (Fsp3) is 0.440. The van der Waals surface area contributed by atoms with E-state index in [0.717, 1.165) is 0 Å². The zero-order chi connectivity index (χ0) is 18.9. The Hall–Kier alpha value is -1.82. The van der Waals surface area contributed by atoms with E-state index in [9.17, 15) is 0 Å². The summed E-state index contributed by atoms with van der Waals surface area (Å²) in [5.74, 6) is 0. The number of benzene rings is 1. The van der Waals surface area contributed by atoms with Gasteiger partial charge in [0.2, 0.25) is 0 Å². The topological polar surface area (TPSA) is 0 Å². The van der Waals surface area contributed by atoms with E-state index in [1.807, 2.05) is 13.8 Å². The van der Waals surface area contributed by atoms with Crippen LogP contribution in [0, 0.1) is 5.41 Å². The van der Waals surface area contributed by atoms with Crippen molar-refractivity contribution in [2.45, 2.75) is 67.7 Å². The van der Waals surface area contributed by atoms with Crippen LogP contribution in [-0.4, -0.2) is 0 Å². The molecule has 25 heavy (non-hydrogen) atoms. The van der Waals surface area contributed by atoms with E-state index in [2.05, 4.69) is 89.3 Å². The molecule has 0 bridgehead atoms. The zero-order valence-electron chi connectivity index (χ0n) is 17.3. The summed E-state index contributed by atoms with van der Waals surface area (Å²) in [6.07, 6.45) is 15.0.